The van der Waals surface area contributed by atoms with Gasteiger partial charge in [0.2, 0.25) is 15.9 Å². The molecule has 0 radical (unpaired) electrons. The summed E-state index contributed by atoms with van der Waals surface area (Å²) in [4.78, 5) is 16.8. The standard InChI is InChI=1S/C23H36ClN3O4S/c1-19-7-6-12-27(18-19)32(29,30)20-9-10-22(31-2)21(17-20)25-13-15-26(16-14-25)23(28)8-4-3-5-11-24/h9-10,17,19H,3-8,11-16,18H2,1-2H3/t19-/m1/s1. The summed E-state index contributed by atoms with van der Waals surface area (Å²) >= 11 is 5.70. The van der Waals surface area contributed by atoms with E-state index in [2.05, 4.69) is 11.8 Å². The maximum atomic E-state index is 13.3. The predicted octanol–water partition coefficient (Wildman–Crippen LogP) is 3.56. The fourth-order valence-electron chi connectivity index (χ4n) is 4.49. The van der Waals surface area contributed by atoms with E-state index in [4.69, 9.17) is 16.3 Å². The summed E-state index contributed by atoms with van der Waals surface area (Å²) in [5.74, 6) is 1.84. The summed E-state index contributed by atoms with van der Waals surface area (Å²) in [5.41, 5.74) is 0.771. The van der Waals surface area contributed by atoms with Gasteiger partial charge in [-0.1, -0.05) is 13.3 Å². The number of methoxy groups -OCH3 is 1. The van der Waals surface area contributed by atoms with Gasteiger partial charge in [0.25, 0.3) is 0 Å². The minimum absolute atomic E-state index is 0.182. The number of ether oxygens (including phenoxy) is 1. The average Bonchev–Trinajstić information content (AvgIpc) is 2.81. The SMILES string of the molecule is COc1ccc(S(=O)(=O)N2CCC[C@@H](C)C2)cc1N1CCN(C(=O)CCCCCCl)CC1. The number of hydrogen-bond acceptors (Lipinski definition) is 5. The molecule has 1 amide bonds. The summed E-state index contributed by atoms with van der Waals surface area (Å²) in [6, 6.07) is 5.11. The molecule has 9 heteroatoms. The summed E-state index contributed by atoms with van der Waals surface area (Å²) in [5, 5.41) is 0. The van der Waals surface area contributed by atoms with Crippen LogP contribution in [-0.2, 0) is 14.8 Å². The Morgan fingerprint density at radius 1 is 1.12 bits per heavy atom. The molecule has 1 aromatic carbocycles. The molecule has 2 saturated heterocycles. The Morgan fingerprint density at radius 3 is 2.53 bits per heavy atom. The van der Waals surface area contributed by atoms with Gasteiger partial charge in [-0.25, -0.2) is 8.42 Å². The van der Waals surface area contributed by atoms with Gasteiger partial charge in [-0.2, -0.15) is 4.31 Å². The second-order valence-electron chi connectivity index (χ2n) is 8.81. The number of carbonyl (C=O) groups excluding carboxylic acids is 1. The molecule has 0 N–H and O–H groups in total. The Morgan fingerprint density at radius 2 is 1.88 bits per heavy atom. The minimum Gasteiger partial charge on any atom is -0.495 e. The lowest BCUT2D eigenvalue weighted by atomic mass is 10.0. The van der Waals surface area contributed by atoms with Crippen molar-refractivity contribution in [1.82, 2.24) is 9.21 Å². The highest BCUT2D eigenvalue weighted by Gasteiger charge is 2.30. The van der Waals surface area contributed by atoms with E-state index in [1.807, 2.05) is 4.90 Å². The van der Waals surface area contributed by atoms with Gasteiger partial charge in [0.1, 0.15) is 5.75 Å². The van der Waals surface area contributed by atoms with Gasteiger partial charge in [0.15, 0.2) is 0 Å². The van der Waals surface area contributed by atoms with Gasteiger partial charge in [0, 0.05) is 51.6 Å². The maximum Gasteiger partial charge on any atom is 0.243 e. The van der Waals surface area contributed by atoms with E-state index in [1.54, 1.807) is 29.6 Å². The molecular formula is C23H36ClN3O4S. The molecule has 1 aromatic rings. The highest BCUT2D eigenvalue weighted by molar-refractivity contribution is 7.89. The fraction of sp³-hybridized carbons (Fsp3) is 0.696. The number of hydrogen-bond donors (Lipinski definition) is 0. The normalized spacial score (nSPS) is 20.4. The third kappa shape index (κ3) is 6.08. The highest BCUT2D eigenvalue weighted by Crippen LogP contribution is 2.33. The number of piperidine rings is 1. The number of halogens is 1. The zero-order valence-electron chi connectivity index (χ0n) is 19.3. The Bertz CT molecular complexity index is 872. The molecule has 3 rings (SSSR count). The van der Waals surface area contributed by atoms with Crippen molar-refractivity contribution in [2.45, 2.75) is 50.3 Å². The van der Waals surface area contributed by atoms with Gasteiger partial charge < -0.3 is 14.5 Å². The fourth-order valence-corrected chi connectivity index (χ4v) is 6.30. The lowest BCUT2D eigenvalue weighted by Gasteiger charge is -2.37. The van der Waals surface area contributed by atoms with Crippen LogP contribution in [0.3, 0.4) is 0 Å². The number of unbranched alkanes of at least 4 members (excludes halogenated alkanes) is 2. The molecule has 2 heterocycles. The van der Waals surface area contributed by atoms with Crippen LogP contribution in [0.1, 0.15) is 45.4 Å². The van der Waals surface area contributed by atoms with Crippen molar-refractivity contribution in [3.05, 3.63) is 18.2 Å². The van der Waals surface area contributed by atoms with Gasteiger partial charge in [-0.3, -0.25) is 4.79 Å². The lowest BCUT2D eigenvalue weighted by molar-refractivity contribution is -0.131. The van der Waals surface area contributed by atoms with Gasteiger partial charge >= 0.3 is 0 Å². The topological polar surface area (TPSA) is 70.2 Å². The Hall–Kier alpha value is -1.51. The monoisotopic (exact) mass is 485 g/mol. The average molecular weight is 486 g/mol. The van der Waals surface area contributed by atoms with Crippen LogP contribution in [0.25, 0.3) is 0 Å². The molecule has 0 spiro atoms. The first-order valence-corrected chi connectivity index (χ1v) is 13.6. The van der Waals surface area contributed by atoms with Gasteiger partial charge in [-0.05, 0) is 49.8 Å². The molecular weight excluding hydrogens is 450 g/mol. The van der Waals surface area contributed by atoms with Crippen molar-refractivity contribution in [3.8, 4) is 5.75 Å². The highest BCUT2D eigenvalue weighted by atomic mass is 35.5. The maximum absolute atomic E-state index is 13.3. The quantitative estimate of drug-likeness (QED) is 0.395. The van der Waals surface area contributed by atoms with Crippen LogP contribution in [0.4, 0.5) is 5.69 Å². The Labute approximate surface area is 197 Å². The van der Waals surface area contributed by atoms with Crippen molar-refractivity contribution in [2.75, 3.05) is 57.2 Å². The minimum atomic E-state index is -3.54. The number of benzene rings is 1. The largest absolute Gasteiger partial charge is 0.495 e. The third-order valence-electron chi connectivity index (χ3n) is 6.41. The number of alkyl halides is 1. The van der Waals surface area contributed by atoms with Crippen molar-refractivity contribution in [1.29, 1.82) is 0 Å². The molecule has 0 aliphatic carbocycles. The summed E-state index contributed by atoms with van der Waals surface area (Å²) in [6.45, 7) is 5.77. The molecule has 32 heavy (non-hydrogen) atoms. The number of piperazine rings is 1. The smallest absolute Gasteiger partial charge is 0.243 e. The first-order chi connectivity index (χ1) is 15.4. The summed E-state index contributed by atoms with van der Waals surface area (Å²) < 4.78 is 33.7. The van der Waals surface area contributed by atoms with Crippen molar-refractivity contribution < 1.29 is 17.9 Å². The summed E-state index contributed by atoms with van der Waals surface area (Å²) in [6.07, 6.45) is 5.30. The van der Waals surface area contributed by atoms with Crippen LogP contribution in [0.5, 0.6) is 5.75 Å². The van der Waals surface area contributed by atoms with E-state index in [-0.39, 0.29) is 5.91 Å². The van der Waals surface area contributed by atoms with E-state index >= 15 is 0 Å². The molecule has 7 nitrogen and oxygen atoms in total. The van der Waals surface area contributed by atoms with Gasteiger partial charge in [-0.15, -0.1) is 11.6 Å². The third-order valence-corrected chi connectivity index (χ3v) is 8.53. The number of carbonyl (C=O) groups is 1. The number of rotatable bonds is 9. The number of anilines is 1. The van der Waals surface area contributed by atoms with E-state index in [0.717, 1.165) is 37.8 Å². The molecule has 2 aliphatic rings. The van der Waals surface area contributed by atoms with E-state index in [1.165, 1.54) is 0 Å². The van der Waals surface area contributed by atoms with E-state index in [0.29, 0.717) is 68.1 Å². The van der Waals surface area contributed by atoms with Crippen LogP contribution < -0.4 is 9.64 Å². The molecule has 180 valence electrons. The Kier molecular flexibility index (Phi) is 9.08. The van der Waals surface area contributed by atoms with Gasteiger partial charge in [0.05, 0.1) is 17.7 Å². The first-order valence-electron chi connectivity index (χ1n) is 11.6. The zero-order chi connectivity index (χ0) is 23.1. The molecule has 0 bridgehead atoms. The molecule has 0 saturated carbocycles. The molecule has 2 aliphatic heterocycles. The lowest BCUT2D eigenvalue weighted by Crippen LogP contribution is -2.48. The van der Waals surface area contributed by atoms with Crippen LogP contribution in [0.15, 0.2) is 23.1 Å². The van der Waals surface area contributed by atoms with Crippen molar-refractivity contribution >= 4 is 33.2 Å². The van der Waals surface area contributed by atoms with Crippen LogP contribution in [-0.4, -0.2) is 75.8 Å². The molecule has 0 unspecified atom stereocenters. The molecule has 2 fully saturated rings. The van der Waals surface area contributed by atoms with E-state index < -0.39 is 10.0 Å². The number of amides is 1. The van der Waals surface area contributed by atoms with Crippen LogP contribution >= 0.6 is 11.6 Å². The van der Waals surface area contributed by atoms with Crippen molar-refractivity contribution in [2.24, 2.45) is 5.92 Å². The second-order valence-corrected chi connectivity index (χ2v) is 11.1. The van der Waals surface area contributed by atoms with Crippen LogP contribution in [0, 0.1) is 5.92 Å². The van der Waals surface area contributed by atoms with Crippen molar-refractivity contribution in [3.63, 3.8) is 0 Å². The van der Waals surface area contributed by atoms with E-state index in [9.17, 15) is 13.2 Å². The predicted molar refractivity (Wildman–Crippen MR) is 128 cm³/mol. The second kappa shape index (κ2) is 11.6. The molecule has 0 aromatic heterocycles. The number of nitrogens with zero attached hydrogens (tertiary/aromatic N) is 3. The first kappa shape index (κ1) is 25.1. The molecule has 1 atom stereocenters. The Balaban J connectivity index is 1.68. The van der Waals surface area contributed by atoms with Crippen LogP contribution in [0.2, 0.25) is 0 Å². The summed E-state index contributed by atoms with van der Waals surface area (Å²) in [7, 11) is -1.95. The number of sulfonamides is 1. The zero-order valence-corrected chi connectivity index (χ0v) is 20.8.